The van der Waals surface area contributed by atoms with Crippen LogP contribution in [0.4, 0.5) is 5.69 Å². The number of hydrogen-bond donors (Lipinski definition) is 1. The van der Waals surface area contributed by atoms with Crippen molar-refractivity contribution in [1.82, 2.24) is 4.90 Å². The lowest BCUT2D eigenvalue weighted by atomic mass is 10.0. The van der Waals surface area contributed by atoms with Crippen LogP contribution in [0.2, 0.25) is 0 Å². The Morgan fingerprint density at radius 1 is 1.44 bits per heavy atom. The van der Waals surface area contributed by atoms with Gasteiger partial charge >= 0.3 is 0 Å². The molecule has 1 aliphatic rings. The molecule has 0 fully saturated rings. The number of methoxy groups -OCH3 is 1. The first-order chi connectivity index (χ1) is 8.76. The summed E-state index contributed by atoms with van der Waals surface area (Å²) in [7, 11) is 1.77. The number of hydrogen-bond acceptors (Lipinski definition) is 3. The molecule has 1 aromatic carbocycles. The third-order valence-electron chi connectivity index (χ3n) is 3.83. The average Bonchev–Trinajstić information content (AvgIpc) is 2.79. The minimum Gasteiger partial charge on any atom is -0.384 e. The van der Waals surface area contributed by atoms with E-state index in [2.05, 4.69) is 48.3 Å². The Hall–Kier alpha value is -1.06. The fourth-order valence-electron chi connectivity index (χ4n) is 2.77. The Balaban J connectivity index is 2.01. The van der Waals surface area contributed by atoms with Crippen molar-refractivity contribution in [3.05, 3.63) is 29.8 Å². The molecule has 0 spiro atoms. The molecule has 1 heterocycles. The third-order valence-corrected chi connectivity index (χ3v) is 3.83. The molecule has 0 amide bonds. The van der Waals surface area contributed by atoms with Gasteiger partial charge in [0.15, 0.2) is 0 Å². The van der Waals surface area contributed by atoms with Crippen LogP contribution in [0, 0.1) is 0 Å². The van der Waals surface area contributed by atoms with Crippen molar-refractivity contribution in [2.24, 2.45) is 0 Å². The van der Waals surface area contributed by atoms with Gasteiger partial charge in [-0.15, -0.1) is 0 Å². The molecule has 0 saturated heterocycles. The van der Waals surface area contributed by atoms with Gasteiger partial charge in [0.05, 0.1) is 6.61 Å². The van der Waals surface area contributed by atoms with Gasteiger partial charge in [-0.2, -0.15) is 0 Å². The van der Waals surface area contributed by atoms with Crippen molar-refractivity contribution in [2.45, 2.75) is 25.8 Å². The van der Waals surface area contributed by atoms with Gasteiger partial charge in [-0.3, -0.25) is 4.90 Å². The predicted molar refractivity (Wildman–Crippen MR) is 76.3 cm³/mol. The first kappa shape index (κ1) is 13.4. The summed E-state index contributed by atoms with van der Waals surface area (Å²) in [5.74, 6) is 0.598. The van der Waals surface area contributed by atoms with Crippen LogP contribution in [-0.2, 0) is 4.74 Å². The van der Waals surface area contributed by atoms with Gasteiger partial charge in [0.25, 0.3) is 0 Å². The standard InChI is InChI=1S/C15H24N2O/c1-4-17(12(2)11-18-3)10-13-9-16-15-8-6-5-7-14(13)15/h5-8,12-13,16H,4,9-11H2,1-3H3. The van der Waals surface area contributed by atoms with Crippen LogP contribution in [0.5, 0.6) is 0 Å². The van der Waals surface area contributed by atoms with Gasteiger partial charge in [-0.05, 0) is 25.1 Å². The van der Waals surface area contributed by atoms with Gasteiger partial charge in [0.2, 0.25) is 0 Å². The Morgan fingerprint density at radius 3 is 2.94 bits per heavy atom. The molecule has 100 valence electrons. The van der Waals surface area contributed by atoms with Crippen molar-refractivity contribution in [1.29, 1.82) is 0 Å². The highest BCUT2D eigenvalue weighted by Crippen LogP contribution is 2.31. The topological polar surface area (TPSA) is 24.5 Å². The number of rotatable bonds is 6. The summed E-state index contributed by atoms with van der Waals surface area (Å²) in [5.41, 5.74) is 2.76. The largest absolute Gasteiger partial charge is 0.384 e. The number of fused-ring (bicyclic) bond motifs is 1. The molecule has 1 aliphatic heterocycles. The molecule has 18 heavy (non-hydrogen) atoms. The van der Waals surface area contributed by atoms with Gasteiger partial charge in [0.1, 0.15) is 0 Å². The molecular weight excluding hydrogens is 224 g/mol. The molecular formula is C15H24N2O. The highest BCUT2D eigenvalue weighted by molar-refractivity contribution is 5.57. The zero-order chi connectivity index (χ0) is 13.0. The van der Waals surface area contributed by atoms with E-state index in [1.807, 2.05) is 0 Å². The zero-order valence-corrected chi connectivity index (χ0v) is 11.6. The van der Waals surface area contributed by atoms with Crippen molar-refractivity contribution < 1.29 is 4.74 Å². The summed E-state index contributed by atoms with van der Waals surface area (Å²) in [6, 6.07) is 9.12. The quantitative estimate of drug-likeness (QED) is 0.837. The maximum Gasteiger partial charge on any atom is 0.0615 e. The van der Waals surface area contributed by atoms with Gasteiger partial charge in [0, 0.05) is 37.8 Å². The number of likely N-dealkylation sites (N-methyl/N-ethyl adjacent to an activating group) is 1. The van der Waals surface area contributed by atoms with E-state index in [4.69, 9.17) is 4.74 Å². The summed E-state index contributed by atoms with van der Waals surface area (Å²) in [6.07, 6.45) is 0. The van der Waals surface area contributed by atoms with Gasteiger partial charge < -0.3 is 10.1 Å². The van der Waals surface area contributed by atoms with E-state index in [9.17, 15) is 0 Å². The van der Waals surface area contributed by atoms with E-state index in [0.717, 1.165) is 26.2 Å². The fourth-order valence-corrected chi connectivity index (χ4v) is 2.77. The summed E-state index contributed by atoms with van der Waals surface area (Å²) in [4.78, 5) is 2.50. The molecule has 0 aromatic heterocycles. The van der Waals surface area contributed by atoms with Crippen molar-refractivity contribution in [2.75, 3.05) is 38.7 Å². The highest BCUT2D eigenvalue weighted by Gasteiger charge is 2.25. The van der Waals surface area contributed by atoms with E-state index in [1.165, 1.54) is 11.3 Å². The molecule has 3 heteroatoms. The van der Waals surface area contributed by atoms with Crippen molar-refractivity contribution >= 4 is 5.69 Å². The predicted octanol–water partition coefficient (Wildman–Crippen LogP) is 2.55. The Kier molecular flexibility index (Phi) is 4.61. The number of para-hydroxylation sites is 1. The van der Waals surface area contributed by atoms with E-state index < -0.39 is 0 Å². The van der Waals surface area contributed by atoms with Gasteiger partial charge in [-0.1, -0.05) is 25.1 Å². The lowest BCUT2D eigenvalue weighted by molar-refractivity contribution is 0.0994. The third kappa shape index (κ3) is 2.85. The lowest BCUT2D eigenvalue weighted by Gasteiger charge is -2.29. The van der Waals surface area contributed by atoms with Crippen molar-refractivity contribution in [3.63, 3.8) is 0 Å². The minimum absolute atomic E-state index is 0.479. The number of ether oxygens (including phenoxy) is 1. The summed E-state index contributed by atoms with van der Waals surface area (Å²) in [6.45, 7) is 8.49. The second-order valence-electron chi connectivity index (χ2n) is 5.06. The van der Waals surface area contributed by atoms with E-state index >= 15 is 0 Å². The summed E-state index contributed by atoms with van der Waals surface area (Å²) < 4.78 is 5.26. The van der Waals surface area contributed by atoms with Crippen LogP contribution in [0.15, 0.2) is 24.3 Å². The van der Waals surface area contributed by atoms with Crippen molar-refractivity contribution in [3.8, 4) is 0 Å². The van der Waals surface area contributed by atoms with Crippen LogP contribution < -0.4 is 5.32 Å². The summed E-state index contributed by atoms with van der Waals surface area (Å²) >= 11 is 0. The number of anilines is 1. The van der Waals surface area contributed by atoms with E-state index in [-0.39, 0.29) is 0 Å². The lowest BCUT2D eigenvalue weighted by Crippen LogP contribution is -2.39. The zero-order valence-electron chi connectivity index (χ0n) is 11.6. The molecule has 0 bridgehead atoms. The number of benzene rings is 1. The molecule has 0 aliphatic carbocycles. The van der Waals surface area contributed by atoms with E-state index in [1.54, 1.807) is 7.11 Å². The summed E-state index contributed by atoms with van der Waals surface area (Å²) in [5, 5.41) is 3.49. The Labute approximate surface area is 110 Å². The molecule has 3 nitrogen and oxygen atoms in total. The average molecular weight is 248 g/mol. The Bertz CT molecular complexity index is 381. The van der Waals surface area contributed by atoms with Crippen LogP contribution in [0.3, 0.4) is 0 Å². The molecule has 0 saturated carbocycles. The molecule has 2 rings (SSSR count). The van der Waals surface area contributed by atoms with Gasteiger partial charge in [-0.25, -0.2) is 0 Å². The normalized spacial score (nSPS) is 19.7. The van der Waals surface area contributed by atoms with Crippen LogP contribution in [0.1, 0.15) is 25.3 Å². The molecule has 1 N–H and O–H groups in total. The second kappa shape index (κ2) is 6.21. The monoisotopic (exact) mass is 248 g/mol. The Morgan fingerprint density at radius 2 is 2.22 bits per heavy atom. The maximum absolute atomic E-state index is 5.26. The first-order valence-corrected chi connectivity index (χ1v) is 6.82. The number of nitrogens with one attached hydrogen (secondary N) is 1. The highest BCUT2D eigenvalue weighted by atomic mass is 16.5. The molecule has 1 aromatic rings. The second-order valence-corrected chi connectivity index (χ2v) is 5.06. The van der Waals surface area contributed by atoms with Crippen LogP contribution in [0.25, 0.3) is 0 Å². The molecule has 2 unspecified atom stereocenters. The first-order valence-electron chi connectivity index (χ1n) is 6.82. The SMILES string of the molecule is CCN(CC1CNc2ccccc21)C(C)COC. The maximum atomic E-state index is 5.26. The number of nitrogens with zero attached hydrogens (tertiary/aromatic N) is 1. The van der Waals surface area contributed by atoms with Crippen LogP contribution in [-0.4, -0.2) is 44.3 Å². The fraction of sp³-hybridized carbons (Fsp3) is 0.600. The smallest absolute Gasteiger partial charge is 0.0615 e. The van der Waals surface area contributed by atoms with Crippen LogP contribution >= 0.6 is 0 Å². The van der Waals surface area contributed by atoms with E-state index in [0.29, 0.717) is 12.0 Å². The molecule has 2 atom stereocenters. The minimum atomic E-state index is 0.479. The molecule has 0 radical (unpaired) electrons.